The van der Waals surface area contributed by atoms with Gasteiger partial charge in [0.1, 0.15) is 6.04 Å². The van der Waals surface area contributed by atoms with Gasteiger partial charge in [-0.2, -0.15) is 0 Å². The molecule has 2 N–H and O–H groups in total. The summed E-state index contributed by atoms with van der Waals surface area (Å²) in [4.78, 5) is 31.3. The lowest BCUT2D eigenvalue weighted by Crippen LogP contribution is -2.52. The Kier molecular flexibility index (Phi) is 4.99. The highest BCUT2D eigenvalue weighted by molar-refractivity contribution is 7.10. The van der Waals surface area contributed by atoms with Crippen molar-refractivity contribution in [1.82, 2.24) is 20.5 Å². The Balaban J connectivity index is 1.60. The van der Waals surface area contributed by atoms with E-state index in [1.165, 1.54) is 11.3 Å². The van der Waals surface area contributed by atoms with E-state index in [1.54, 1.807) is 12.4 Å². The lowest BCUT2D eigenvalue weighted by molar-refractivity contribution is -0.131. The first-order chi connectivity index (χ1) is 11.2. The lowest BCUT2D eigenvalue weighted by Gasteiger charge is -2.33. The molecule has 0 spiro atoms. The van der Waals surface area contributed by atoms with Gasteiger partial charge in [0, 0.05) is 36.9 Å². The molecular formula is C16H18N4O2S. The van der Waals surface area contributed by atoms with Crippen LogP contribution < -0.4 is 10.6 Å². The summed E-state index contributed by atoms with van der Waals surface area (Å²) in [5.41, 5.74) is 0.951. The fourth-order valence-corrected chi connectivity index (χ4v) is 3.44. The number of rotatable bonds is 5. The van der Waals surface area contributed by atoms with Crippen molar-refractivity contribution in [3.05, 3.63) is 52.5 Å². The zero-order chi connectivity index (χ0) is 16.1. The smallest absolute Gasteiger partial charge is 0.242 e. The number of nitrogens with one attached hydrogen (secondary N) is 2. The van der Waals surface area contributed by atoms with Gasteiger partial charge in [-0.05, 0) is 23.1 Å². The van der Waals surface area contributed by atoms with Crippen molar-refractivity contribution in [2.45, 2.75) is 12.6 Å². The molecule has 120 valence electrons. The summed E-state index contributed by atoms with van der Waals surface area (Å²) in [5, 5.41) is 7.69. The zero-order valence-corrected chi connectivity index (χ0v) is 13.4. The van der Waals surface area contributed by atoms with Crippen molar-refractivity contribution in [1.29, 1.82) is 0 Å². The first kappa shape index (κ1) is 15.6. The van der Waals surface area contributed by atoms with Crippen LogP contribution in [0.25, 0.3) is 0 Å². The molecule has 1 atom stereocenters. The fraction of sp³-hybridized carbons (Fsp3) is 0.312. The molecule has 0 radical (unpaired) electrons. The van der Waals surface area contributed by atoms with E-state index >= 15 is 0 Å². The van der Waals surface area contributed by atoms with Gasteiger partial charge in [-0.25, -0.2) is 0 Å². The molecule has 6 nitrogen and oxygen atoms in total. The van der Waals surface area contributed by atoms with Crippen LogP contribution in [-0.2, 0) is 16.1 Å². The second-order valence-corrected chi connectivity index (χ2v) is 6.30. The van der Waals surface area contributed by atoms with E-state index in [9.17, 15) is 9.59 Å². The molecule has 0 saturated carbocycles. The third kappa shape index (κ3) is 3.94. The van der Waals surface area contributed by atoms with Crippen molar-refractivity contribution in [3.8, 4) is 0 Å². The Morgan fingerprint density at radius 2 is 2.35 bits per heavy atom. The van der Waals surface area contributed by atoms with Crippen LogP contribution in [0.1, 0.15) is 16.5 Å². The number of thiophene rings is 1. The van der Waals surface area contributed by atoms with E-state index in [-0.39, 0.29) is 24.4 Å². The van der Waals surface area contributed by atoms with E-state index in [2.05, 4.69) is 15.6 Å². The minimum atomic E-state index is -0.382. The van der Waals surface area contributed by atoms with Crippen molar-refractivity contribution < 1.29 is 9.59 Å². The zero-order valence-electron chi connectivity index (χ0n) is 12.6. The average molecular weight is 330 g/mol. The molecule has 7 heteroatoms. The molecule has 0 aromatic carbocycles. The van der Waals surface area contributed by atoms with E-state index in [4.69, 9.17) is 0 Å². The highest BCUT2D eigenvalue weighted by atomic mass is 32.1. The maximum Gasteiger partial charge on any atom is 0.242 e. The van der Waals surface area contributed by atoms with E-state index in [1.807, 2.05) is 34.5 Å². The summed E-state index contributed by atoms with van der Waals surface area (Å²) in [6.07, 6.45) is 3.42. The number of nitrogens with zero attached hydrogens (tertiary/aromatic N) is 2. The summed E-state index contributed by atoms with van der Waals surface area (Å²) in [7, 11) is 0. The highest BCUT2D eigenvalue weighted by Gasteiger charge is 2.32. The first-order valence-corrected chi connectivity index (χ1v) is 8.33. The summed E-state index contributed by atoms with van der Waals surface area (Å²) in [6, 6.07) is 7.22. The molecule has 0 bridgehead atoms. The number of hydrogen-bond donors (Lipinski definition) is 2. The molecule has 0 unspecified atom stereocenters. The number of carbonyl (C=O) groups is 2. The quantitative estimate of drug-likeness (QED) is 0.855. The molecule has 3 rings (SSSR count). The largest absolute Gasteiger partial charge is 0.353 e. The monoisotopic (exact) mass is 330 g/mol. The predicted octanol–water partition coefficient (Wildman–Crippen LogP) is 0.932. The summed E-state index contributed by atoms with van der Waals surface area (Å²) >= 11 is 1.53. The Labute approximate surface area is 138 Å². The van der Waals surface area contributed by atoms with Gasteiger partial charge in [-0.3, -0.25) is 19.5 Å². The maximum atomic E-state index is 12.2. The highest BCUT2D eigenvalue weighted by Crippen LogP contribution is 2.26. The third-order valence-electron chi connectivity index (χ3n) is 3.68. The molecule has 23 heavy (non-hydrogen) atoms. The van der Waals surface area contributed by atoms with Gasteiger partial charge >= 0.3 is 0 Å². The van der Waals surface area contributed by atoms with Crippen molar-refractivity contribution in [2.24, 2.45) is 0 Å². The maximum absolute atomic E-state index is 12.2. The Hall–Kier alpha value is -2.25. The topological polar surface area (TPSA) is 74.3 Å². The minimum Gasteiger partial charge on any atom is -0.353 e. The number of aromatic nitrogens is 1. The van der Waals surface area contributed by atoms with E-state index < -0.39 is 0 Å². The SMILES string of the molecule is O=C(CN1CCNC(=O)[C@H]1c1cccs1)NCc1cccnc1. The number of hydrogen-bond acceptors (Lipinski definition) is 5. The van der Waals surface area contributed by atoms with Crippen molar-refractivity contribution >= 4 is 23.2 Å². The van der Waals surface area contributed by atoms with E-state index in [0.29, 0.717) is 19.6 Å². The molecule has 1 aliphatic rings. The molecule has 1 aliphatic heterocycles. The number of amides is 2. The fourth-order valence-electron chi connectivity index (χ4n) is 2.58. The predicted molar refractivity (Wildman–Crippen MR) is 87.7 cm³/mol. The minimum absolute atomic E-state index is 0.0428. The lowest BCUT2D eigenvalue weighted by atomic mass is 10.1. The van der Waals surface area contributed by atoms with E-state index in [0.717, 1.165) is 10.4 Å². The van der Waals surface area contributed by atoms with Gasteiger partial charge in [0.2, 0.25) is 11.8 Å². The summed E-state index contributed by atoms with van der Waals surface area (Å²) in [6.45, 7) is 1.87. The van der Waals surface area contributed by atoms with Crippen LogP contribution >= 0.6 is 11.3 Å². The summed E-state index contributed by atoms with van der Waals surface area (Å²) in [5.74, 6) is -0.135. The van der Waals surface area contributed by atoms with Gasteiger partial charge in [0.05, 0.1) is 6.54 Å². The molecule has 2 aromatic rings. The first-order valence-electron chi connectivity index (χ1n) is 7.45. The van der Waals surface area contributed by atoms with Crippen LogP contribution in [0.5, 0.6) is 0 Å². The molecule has 2 aromatic heterocycles. The normalized spacial score (nSPS) is 18.4. The third-order valence-corrected chi connectivity index (χ3v) is 4.61. The van der Waals surface area contributed by atoms with Crippen LogP contribution in [-0.4, -0.2) is 41.3 Å². The molecule has 0 aliphatic carbocycles. The van der Waals surface area contributed by atoms with Gasteiger partial charge in [0.25, 0.3) is 0 Å². The standard InChI is InChI=1S/C16H18N4O2S/c21-14(19-10-12-3-1-5-17-9-12)11-20-7-6-18-16(22)15(20)13-4-2-8-23-13/h1-5,8-9,15H,6-7,10-11H2,(H,18,22)(H,19,21)/t15-/m1/s1. The average Bonchev–Trinajstić information content (AvgIpc) is 3.08. The Morgan fingerprint density at radius 3 is 3.09 bits per heavy atom. The van der Waals surface area contributed by atoms with Crippen LogP contribution in [0.4, 0.5) is 0 Å². The number of pyridine rings is 1. The van der Waals surface area contributed by atoms with Gasteiger partial charge in [-0.1, -0.05) is 12.1 Å². The molecule has 1 fully saturated rings. The number of piperazine rings is 1. The molecule has 3 heterocycles. The Morgan fingerprint density at radius 1 is 1.43 bits per heavy atom. The van der Waals surface area contributed by atoms with Gasteiger partial charge < -0.3 is 10.6 Å². The molecular weight excluding hydrogens is 312 g/mol. The van der Waals surface area contributed by atoms with Crippen LogP contribution in [0, 0.1) is 0 Å². The molecule has 2 amide bonds. The van der Waals surface area contributed by atoms with Crippen LogP contribution in [0.2, 0.25) is 0 Å². The van der Waals surface area contributed by atoms with Gasteiger partial charge in [0.15, 0.2) is 0 Å². The van der Waals surface area contributed by atoms with Crippen LogP contribution in [0.3, 0.4) is 0 Å². The van der Waals surface area contributed by atoms with Gasteiger partial charge in [-0.15, -0.1) is 11.3 Å². The second-order valence-electron chi connectivity index (χ2n) is 5.32. The van der Waals surface area contributed by atoms with Crippen LogP contribution in [0.15, 0.2) is 42.0 Å². The molecule has 1 saturated heterocycles. The van der Waals surface area contributed by atoms with Crippen molar-refractivity contribution in [2.75, 3.05) is 19.6 Å². The van der Waals surface area contributed by atoms with Crippen molar-refractivity contribution in [3.63, 3.8) is 0 Å². The Bertz CT molecular complexity index is 660. The number of carbonyl (C=O) groups excluding carboxylic acids is 2. The second kappa shape index (κ2) is 7.34. The summed E-state index contributed by atoms with van der Waals surface area (Å²) < 4.78 is 0.